The first-order valence-electron chi connectivity index (χ1n) is 9.70. The number of halogens is 3. The summed E-state index contributed by atoms with van der Waals surface area (Å²) in [6, 6.07) is 8.81. The summed E-state index contributed by atoms with van der Waals surface area (Å²) in [6.07, 6.45) is 0.130. The summed E-state index contributed by atoms with van der Waals surface area (Å²) in [6.45, 7) is 4.18. The Bertz CT molecular complexity index is 1100. The van der Waals surface area contributed by atoms with Crippen LogP contribution in [0.3, 0.4) is 0 Å². The molecule has 0 radical (unpaired) electrons. The van der Waals surface area contributed by atoms with Crippen molar-refractivity contribution in [3.63, 3.8) is 0 Å². The summed E-state index contributed by atoms with van der Waals surface area (Å²) in [5.41, 5.74) is 11.6. The maximum Gasteiger partial charge on any atom is 0.422 e. The zero-order valence-corrected chi connectivity index (χ0v) is 17.8. The second-order valence-corrected chi connectivity index (χ2v) is 6.40. The van der Waals surface area contributed by atoms with Gasteiger partial charge in [0.25, 0.3) is 0 Å². The van der Waals surface area contributed by atoms with Gasteiger partial charge in [0, 0.05) is 33.3 Å². The molecule has 2 aromatic heterocycles. The average molecular weight is 464 g/mol. The smallest absolute Gasteiger partial charge is 0.422 e. The fraction of sp³-hybridized carbons (Fsp3) is 0.227. The third kappa shape index (κ3) is 8.98. The van der Waals surface area contributed by atoms with Crippen LogP contribution in [0.25, 0.3) is 11.3 Å². The molecule has 0 spiro atoms. The SMILES string of the molecule is C=C=C(Cc1ccnc(N)n1)Nc1ccc(-c2cncc(OCC(F)(F)F)n2)cc1.CCO.[HH].[HH]. The number of rotatable bonds is 7. The number of anilines is 2. The quantitative estimate of drug-likeness (QED) is 0.444. The largest absolute Gasteiger partial charge is 0.467 e. The van der Waals surface area contributed by atoms with Crippen molar-refractivity contribution in [2.45, 2.75) is 19.5 Å². The summed E-state index contributed by atoms with van der Waals surface area (Å²) >= 11 is 0. The first-order valence-corrected chi connectivity index (χ1v) is 9.70. The van der Waals surface area contributed by atoms with Crippen molar-refractivity contribution >= 4 is 11.6 Å². The lowest BCUT2D eigenvalue weighted by molar-refractivity contribution is -0.154. The lowest BCUT2D eigenvalue weighted by atomic mass is 10.1. The fourth-order valence-corrected chi connectivity index (χ4v) is 2.45. The molecule has 4 N–H and O–H groups in total. The molecule has 0 amide bonds. The minimum atomic E-state index is -4.45. The first-order chi connectivity index (χ1) is 15.7. The Labute approximate surface area is 191 Å². The van der Waals surface area contributed by atoms with E-state index >= 15 is 0 Å². The third-order valence-corrected chi connectivity index (χ3v) is 3.78. The average Bonchev–Trinajstić information content (AvgIpc) is 2.78. The van der Waals surface area contributed by atoms with E-state index in [-0.39, 0.29) is 21.3 Å². The Morgan fingerprint density at radius 3 is 2.52 bits per heavy atom. The number of aliphatic hydroxyl groups is 1. The molecule has 2 heterocycles. The van der Waals surface area contributed by atoms with E-state index in [1.807, 2.05) is 0 Å². The molecule has 0 unspecified atom stereocenters. The van der Waals surface area contributed by atoms with Gasteiger partial charge in [0.1, 0.15) is 0 Å². The number of benzene rings is 1. The van der Waals surface area contributed by atoms with E-state index in [0.717, 1.165) is 11.9 Å². The van der Waals surface area contributed by atoms with Gasteiger partial charge in [-0.15, -0.1) is 5.73 Å². The Balaban J connectivity index is 0.00000220. The summed E-state index contributed by atoms with van der Waals surface area (Å²) in [4.78, 5) is 15.9. The Morgan fingerprint density at radius 2 is 1.91 bits per heavy atom. The van der Waals surface area contributed by atoms with E-state index in [0.29, 0.717) is 29.1 Å². The van der Waals surface area contributed by atoms with Crippen LogP contribution in [0.15, 0.2) is 66.9 Å². The van der Waals surface area contributed by atoms with Crippen molar-refractivity contribution < 1.29 is 25.9 Å². The molecule has 3 aromatic rings. The fourth-order valence-electron chi connectivity index (χ4n) is 2.45. The van der Waals surface area contributed by atoms with Gasteiger partial charge in [0.05, 0.1) is 29.5 Å². The zero-order chi connectivity index (χ0) is 24.3. The number of nitrogen functional groups attached to an aromatic ring is 1. The molecule has 33 heavy (non-hydrogen) atoms. The highest BCUT2D eigenvalue weighted by Crippen LogP contribution is 2.23. The highest BCUT2D eigenvalue weighted by Gasteiger charge is 2.28. The van der Waals surface area contributed by atoms with E-state index in [4.69, 9.17) is 10.8 Å². The van der Waals surface area contributed by atoms with Gasteiger partial charge >= 0.3 is 6.18 Å². The Morgan fingerprint density at radius 1 is 1.21 bits per heavy atom. The van der Waals surface area contributed by atoms with Gasteiger partial charge in [-0.2, -0.15) is 13.2 Å². The zero-order valence-electron chi connectivity index (χ0n) is 17.8. The van der Waals surface area contributed by atoms with Crippen LogP contribution < -0.4 is 15.8 Å². The van der Waals surface area contributed by atoms with Crippen molar-refractivity contribution in [3.05, 3.63) is 72.6 Å². The van der Waals surface area contributed by atoms with Crippen molar-refractivity contribution in [1.82, 2.24) is 19.9 Å². The minimum absolute atomic E-state index is 0. The van der Waals surface area contributed by atoms with Gasteiger partial charge < -0.3 is 20.9 Å². The molecular formula is C22H27F3N6O2. The van der Waals surface area contributed by atoms with E-state index < -0.39 is 12.8 Å². The molecule has 11 heteroatoms. The molecular weight excluding hydrogens is 437 g/mol. The molecule has 178 valence electrons. The Kier molecular flexibility index (Phi) is 9.34. The van der Waals surface area contributed by atoms with Crippen molar-refractivity contribution in [1.29, 1.82) is 0 Å². The van der Waals surface area contributed by atoms with Crippen LogP contribution in [-0.4, -0.2) is 44.4 Å². The predicted octanol–water partition coefficient (Wildman–Crippen LogP) is 4.27. The van der Waals surface area contributed by atoms with Gasteiger partial charge in [-0.25, -0.2) is 15.0 Å². The number of nitrogens with two attached hydrogens (primary N) is 1. The summed E-state index contributed by atoms with van der Waals surface area (Å²) in [5, 5.41) is 10.7. The lowest BCUT2D eigenvalue weighted by Gasteiger charge is -2.11. The van der Waals surface area contributed by atoms with Crippen LogP contribution >= 0.6 is 0 Å². The molecule has 0 fully saturated rings. The number of aromatic nitrogens is 4. The van der Waals surface area contributed by atoms with Crippen LogP contribution in [0.4, 0.5) is 24.8 Å². The second-order valence-electron chi connectivity index (χ2n) is 6.40. The van der Waals surface area contributed by atoms with Gasteiger partial charge in [-0.3, -0.25) is 4.98 Å². The predicted molar refractivity (Wildman–Crippen MR) is 122 cm³/mol. The molecule has 0 saturated heterocycles. The molecule has 3 rings (SSSR count). The number of nitrogens with zero attached hydrogens (tertiary/aromatic N) is 4. The van der Waals surface area contributed by atoms with Crippen LogP contribution in [0.1, 0.15) is 15.5 Å². The van der Waals surface area contributed by atoms with E-state index in [1.54, 1.807) is 43.5 Å². The van der Waals surface area contributed by atoms with Crippen molar-refractivity contribution in [2.24, 2.45) is 0 Å². The first kappa shape index (κ1) is 25.3. The number of hydrogen-bond donors (Lipinski definition) is 3. The van der Waals surface area contributed by atoms with Crippen molar-refractivity contribution in [3.8, 4) is 17.1 Å². The molecule has 0 bridgehead atoms. The van der Waals surface area contributed by atoms with Crippen LogP contribution in [-0.2, 0) is 6.42 Å². The van der Waals surface area contributed by atoms with E-state index in [9.17, 15) is 13.2 Å². The highest BCUT2D eigenvalue weighted by atomic mass is 19.4. The van der Waals surface area contributed by atoms with Crippen LogP contribution in [0.2, 0.25) is 0 Å². The second kappa shape index (κ2) is 12.2. The molecule has 0 saturated carbocycles. The maximum atomic E-state index is 12.3. The molecule has 0 aliphatic carbocycles. The van der Waals surface area contributed by atoms with Gasteiger partial charge in [-0.05, 0) is 25.1 Å². The van der Waals surface area contributed by atoms with Gasteiger partial charge in [0.2, 0.25) is 11.8 Å². The highest BCUT2D eigenvalue weighted by molar-refractivity contribution is 5.63. The number of aliphatic hydroxyl groups excluding tert-OH is 1. The number of hydrogen-bond acceptors (Lipinski definition) is 8. The van der Waals surface area contributed by atoms with Gasteiger partial charge in [0.15, 0.2) is 6.61 Å². The Hall–Kier alpha value is -3.95. The third-order valence-electron chi connectivity index (χ3n) is 3.78. The number of nitrogens with one attached hydrogen (secondary N) is 1. The lowest BCUT2D eigenvalue weighted by Crippen LogP contribution is -2.19. The number of allylic oxidation sites excluding steroid dienone is 1. The number of alkyl halides is 3. The van der Waals surface area contributed by atoms with Crippen molar-refractivity contribution in [2.75, 3.05) is 24.3 Å². The molecule has 8 nitrogen and oxygen atoms in total. The van der Waals surface area contributed by atoms with Crippen LogP contribution in [0, 0.1) is 0 Å². The summed E-state index contributed by atoms with van der Waals surface area (Å²) in [5.74, 6) is -0.0177. The monoisotopic (exact) mass is 464 g/mol. The number of ether oxygens (including phenoxy) is 1. The molecule has 0 aliphatic heterocycles. The molecule has 0 aliphatic rings. The van der Waals surface area contributed by atoms with E-state index in [1.165, 1.54) is 6.20 Å². The summed E-state index contributed by atoms with van der Waals surface area (Å²) in [7, 11) is 0. The summed E-state index contributed by atoms with van der Waals surface area (Å²) < 4.78 is 41.5. The normalized spacial score (nSPS) is 10.5. The molecule has 0 atom stereocenters. The maximum absolute atomic E-state index is 12.3. The molecule has 1 aromatic carbocycles. The van der Waals surface area contributed by atoms with Crippen LogP contribution in [0.5, 0.6) is 5.88 Å². The topological polar surface area (TPSA) is 119 Å². The minimum Gasteiger partial charge on any atom is -0.467 e. The van der Waals surface area contributed by atoms with Gasteiger partial charge in [-0.1, -0.05) is 18.7 Å². The standard InChI is InChI=1S/C20H17F3N6O.C2H6O.2H2/c1-2-14(9-16-7-8-26-19(24)28-16)27-15-5-3-13(4-6-15)17-10-25-11-18(29-17)30-12-20(21,22)23;1-2-3;;/h3-8,10-11,27H,1,9,12H2,(H2,24,26,28);3H,2H2,1H3;2*1H. The van der Waals surface area contributed by atoms with E-state index in [2.05, 4.69) is 42.3 Å².